The second kappa shape index (κ2) is 9.44. The Hall–Kier alpha value is -1.50. The van der Waals surface area contributed by atoms with Crippen LogP contribution < -0.4 is 5.32 Å². The fraction of sp³-hybridized carbons (Fsp3) is 0.600. The van der Waals surface area contributed by atoms with Crippen LogP contribution in [0.25, 0.3) is 6.08 Å². The van der Waals surface area contributed by atoms with Gasteiger partial charge in [-0.05, 0) is 75.0 Å². The Morgan fingerprint density at radius 2 is 2.00 bits per heavy atom. The highest BCUT2D eigenvalue weighted by molar-refractivity contribution is 5.67. The predicted octanol–water partition coefficient (Wildman–Crippen LogP) is 7.53. The van der Waals surface area contributed by atoms with E-state index in [9.17, 15) is 0 Å². The van der Waals surface area contributed by atoms with E-state index in [-0.39, 0.29) is 0 Å². The number of benzene rings is 1. The average Bonchev–Trinajstić information content (AvgIpc) is 2.90. The van der Waals surface area contributed by atoms with Crippen molar-refractivity contribution in [1.29, 1.82) is 0 Å². The van der Waals surface area contributed by atoms with Gasteiger partial charge in [-0.1, -0.05) is 68.5 Å². The summed E-state index contributed by atoms with van der Waals surface area (Å²) in [7, 11) is 0. The molecule has 0 saturated heterocycles. The van der Waals surface area contributed by atoms with E-state index in [1.165, 1.54) is 75.5 Å². The van der Waals surface area contributed by atoms with Crippen molar-refractivity contribution in [3.05, 3.63) is 46.5 Å². The van der Waals surface area contributed by atoms with Crippen molar-refractivity contribution in [2.75, 3.05) is 5.32 Å². The lowest BCUT2D eigenvalue weighted by molar-refractivity contribution is 0.561. The minimum absolute atomic E-state index is 0.496. The maximum atomic E-state index is 3.89. The Labute approximate surface area is 161 Å². The standard InChI is InChI=1S/C25H37N/c1-4-5-6-11-21-15-20(3)17-24-22(18-21)12-9-14-25(24)26-23-13-8-7-10-19(2)16-23/h9,12,14,16,18,20,23,26H,4-8,10-11,13,15,17H2,1-3H3. The van der Waals surface area contributed by atoms with Crippen LogP contribution in [0, 0.1) is 5.92 Å². The highest BCUT2D eigenvalue weighted by Crippen LogP contribution is 2.34. The molecule has 0 aliphatic heterocycles. The lowest BCUT2D eigenvalue weighted by Gasteiger charge is -2.20. The number of rotatable bonds is 6. The lowest BCUT2D eigenvalue weighted by Crippen LogP contribution is -2.18. The quantitative estimate of drug-likeness (QED) is 0.412. The molecule has 0 fully saturated rings. The molecule has 1 nitrogen and oxygen atoms in total. The maximum Gasteiger partial charge on any atom is 0.0447 e. The van der Waals surface area contributed by atoms with E-state index in [4.69, 9.17) is 0 Å². The summed E-state index contributed by atoms with van der Waals surface area (Å²) in [4.78, 5) is 0. The summed E-state index contributed by atoms with van der Waals surface area (Å²) in [6, 6.07) is 7.36. The van der Waals surface area contributed by atoms with Crippen molar-refractivity contribution in [2.24, 2.45) is 5.92 Å². The summed E-state index contributed by atoms with van der Waals surface area (Å²) in [5.41, 5.74) is 7.58. The molecule has 0 amide bonds. The van der Waals surface area contributed by atoms with Crippen LogP contribution in [0.1, 0.15) is 89.7 Å². The van der Waals surface area contributed by atoms with Crippen molar-refractivity contribution in [2.45, 2.75) is 91.0 Å². The third kappa shape index (κ3) is 5.25. The summed E-state index contributed by atoms with van der Waals surface area (Å²) in [5, 5.41) is 3.89. The van der Waals surface area contributed by atoms with Gasteiger partial charge in [-0.3, -0.25) is 0 Å². The van der Waals surface area contributed by atoms with Crippen LogP contribution in [0.4, 0.5) is 5.69 Å². The first-order chi connectivity index (χ1) is 12.7. The number of nitrogens with one attached hydrogen (secondary N) is 1. The molecule has 1 aromatic rings. The third-order valence-electron chi connectivity index (χ3n) is 6.00. The summed E-state index contributed by atoms with van der Waals surface area (Å²) in [6.45, 7) is 7.01. The Balaban J connectivity index is 1.81. The zero-order valence-corrected chi connectivity index (χ0v) is 17.1. The zero-order chi connectivity index (χ0) is 18.4. The molecule has 1 N–H and O–H groups in total. The third-order valence-corrected chi connectivity index (χ3v) is 6.00. The molecule has 0 heterocycles. The van der Waals surface area contributed by atoms with Crippen molar-refractivity contribution in [3.63, 3.8) is 0 Å². The number of hydrogen-bond acceptors (Lipinski definition) is 1. The Kier molecular flexibility index (Phi) is 7.00. The first kappa shape index (κ1) is 19.3. The number of unbranched alkanes of at least 4 members (excludes halogenated alkanes) is 2. The summed E-state index contributed by atoms with van der Waals surface area (Å²) in [5.74, 6) is 0.735. The Morgan fingerprint density at radius 3 is 2.85 bits per heavy atom. The predicted molar refractivity (Wildman–Crippen MR) is 116 cm³/mol. The monoisotopic (exact) mass is 351 g/mol. The molecule has 2 atom stereocenters. The molecule has 2 aliphatic rings. The van der Waals surface area contributed by atoms with Gasteiger partial charge in [0.05, 0.1) is 0 Å². The zero-order valence-electron chi connectivity index (χ0n) is 17.1. The molecule has 26 heavy (non-hydrogen) atoms. The first-order valence-electron chi connectivity index (χ1n) is 10.9. The number of hydrogen-bond donors (Lipinski definition) is 1. The van der Waals surface area contributed by atoms with Gasteiger partial charge in [0.2, 0.25) is 0 Å². The summed E-state index contributed by atoms with van der Waals surface area (Å²) < 4.78 is 0. The topological polar surface area (TPSA) is 12.0 Å². The lowest BCUT2D eigenvalue weighted by atomic mass is 9.94. The van der Waals surface area contributed by atoms with Gasteiger partial charge in [0, 0.05) is 11.7 Å². The van der Waals surface area contributed by atoms with Crippen LogP contribution in [0.5, 0.6) is 0 Å². The molecule has 1 heteroatoms. The molecule has 2 unspecified atom stereocenters. The van der Waals surface area contributed by atoms with Crippen LogP contribution in [-0.4, -0.2) is 6.04 Å². The second-order valence-corrected chi connectivity index (χ2v) is 8.66. The number of allylic oxidation sites excluding steroid dienone is 2. The van der Waals surface area contributed by atoms with Crippen LogP contribution in [0.3, 0.4) is 0 Å². The van der Waals surface area contributed by atoms with E-state index >= 15 is 0 Å². The van der Waals surface area contributed by atoms with Crippen molar-refractivity contribution in [1.82, 2.24) is 0 Å². The average molecular weight is 352 g/mol. The van der Waals surface area contributed by atoms with E-state index in [0.29, 0.717) is 6.04 Å². The van der Waals surface area contributed by atoms with E-state index in [0.717, 1.165) is 5.92 Å². The van der Waals surface area contributed by atoms with E-state index in [1.807, 2.05) is 0 Å². The minimum Gasteiger partial charge on any atom is -0.379 e. The summed E-state index contributed by atoms with van der Waals surface area (Å²) in [6.07, 6.45) is 17.9. The van der Waals surface area contributed by atoms with Gasteiger partial charge < -0.3 is 5.32 Å². The molecule has 142 valence electrons. The van der Waals surface area contributed by atoms with Gasteiger partial charge >= 0.3 is 0 Å². The van der Waals surface area contributed by atoms with Crippen molar-refractivity contribution >= 4 is 11.8 Å². The largest absolute Gasteiger partial charge is 0.379 e. The molecule has 0 aromatic heterocycles. The molecule has 3 rings (SSSR count). The second-order valence-electron chi connectivity index (χ2n) is 8.66. The highest BCUT2D eigenvalue weighted by atomic mass is 14.9. The minimum atomic E-state index is 0.496. The van der Waals surface area contributed by atoms with Gasteiger partial charge in [0.25, 0.3) is 0 Å². The van der Waals surface area contributed by atoms with Gasteiger partial charge in [-0.15, -0.1) is 0 Å². The van der Waals surface area contributed by atoms with E-state index in [2.05, 4.69) is 56.4 Å². The molecule has 2 aliphatic carbocycles. The molecule has 1 aromatic carbocycles. The van der Waals surface area contributed by atoms with Gasteiger partial charge in [0.1, 0.15) is 0 Å². The molecule has 0 saturated carbocycles. The maximum absolute atomic E-state index is 3.89. The molecular formula is C25H37N. The smallest absolute Gasteiger partial charge is 0.0447 e. The van der Waals surface area contributed by atoms with Crippen LogP contribution >= 0.6 is 0 Å². The normalized spacial score (nSPS) is 23.3. The molecule has 0 radical (unpaired) electrons. The fourth-order valence-corrected chi connectivity index (χ4v) is 4.62. The molecule has 0 bridgehead atoms. The molecule has 0 spiro atoms. The van der Waals surface area contributed by atoms with Crippen molar-refractivity contribution < 1.29 is 0 Å². The van der Waals surface area contributed by atoms with Crippen LogP contribution in [0.2, 0.25) is 0 Å². The van der Waals surface area contributed by atoms with E-state index < -0.39 is 0 Å². The summed E-state index contributed by atoms with van der Waals surface area (Å²) >= 11 is 0. The van der Waals surface area contributed by atoms with Gasteiger partial charge in [-0.2, -0.15) is 0 Å². The van der Waals surface area contributed by atoms with Gasteiger partial charge in [0.15, 0.2) is 0 Å². The van der Waals surface area contributed by atoms with Crippen molar-refractivity contribution in [3.8, 4) is 0 Å². The SMILES string of the molecule is CCCCCC1=Cc2cccc(NC3C=C(C)CCCC3)c2CC(C)C1. The molecular weight excluding hydrogens is 314 g/mol. The Bertz CT molecular complexity index is 652. The number of fused-ring (bicyclic) bond motifs is 1. The van der Waals surface area contributed by atoms with E-state index in [1.54, 1.807) is 16.7 Å². The highest BCUT2D eigenvalue weighted by Gasteiger charge is 2.19. The number of anilines is 1. The Morgan fingerprint density at radius 1 is 1.12 bits per heavy atom. The van der Waals surface area contributed by atoms with Crippen LogP contribution in [-0.2, 0) is 6.42 Å². The fourth-order valence-electron chi connectivity index (χ4n) is 4.62. The first-order valence-corrected chi connectivity index (χ1v) is 10.9. The van der Waals surface area contributed by atoms with Crippen LogP contribution in [0.15, 0.2) is 35.4 Å². The van der Waals surface area contributed by atoms with Gasteiger partial charge in [-0.25, -0.2) is 0 Å².